The number of aromatic nitrogens is 1. The quantitative estimate of drug-likeness (QED) is 0.860. The van der Waals surface area contributed by atoms with Gasteiger partial charge in [-0.2, -0.15) is 0 Å². The zero-order valence-electron chi connectivity index (χ0n) is 10.9. The third-order valence-corrected chi connectivity index (χ3v) is 4.84. The summed E-state index contributed by atoms with van der Waals surface area (Å²) in [6.45, 7) is 3.05. The van der Waals surface area contributed by atoms with Gasteiger partial charge < -0.3 is 10.5 Å². The molecule has 0 spiro atoms. The van der Waals surface area contributed by atoms with Crippen LogP contribution in [0.2, 0.25) is 0 Å². The molecular weight excluding hydrogens is 244 g/mol. The fourth-order valence-corrected chi connectivity index (χ4v) is 3.61. The number of ether oxygens (including phenoxy) is 1. The number of rotatable bonds is 6. The highest BCUT2D eigenvalue weighted by atomic mass is 32.2. The maximum Gasteiger partial charge on any atom is 0.0666 e. The summed E-state index contributed by atoms with van der Waals surface area (Å²) >= 11 is 1.89. The summed E-state index contributed by atoms with van der Waals surface area (Å²) in [5.74, 6) is 1.02. The number of hydrogen-bond donors (Lipinski definition) is 1. The van der Waals surface area contributed by atoms with Crippen LogP contribution in [-0.4, -0.2) is 29.5 Å². The van der Waals surface area contributed by atoms with Gasteiger partial charge in [-0.15, -0.1) is 11.8 Å². The van der Waals surface area contributed by atoms with Crippen molar-refractivity contribution in [1.82, 2.24) is 4.98 Å². The van der Waals surface area contributed by atoms with Crippen LogP contribution in [0.25, 0.3) is 0 Å². The van der Waals surface area contributed by atoms with Gasteiger partial charge in [-0.1, -0.05) is 13.0 Å². The van der Waals surface area contributed by atoms with Gasteiger partial charge >= 0.3 is 0 Å². The summed E-state index contributed by atoms with van der Waals surface area (Å²) in [6, 6.07) is 6.21. The fraction of sp³-hybridized carbons (Fsp3) is 0.643. The molecule has 18 heavy (non-hydrogen) atoms. The molecule has 0 aliphatic carbocycles. The molecule has 0 bridgehead atoms. The van der Waals surface area contributed by atoms with Gasteiger partial charge in [-0.3, -0.25) is 4.98 Å². The molecule has 3 unspecified atom stereocenters. The predicted octanol–water partition coefficient (Wildman–Crippen LogP) is 2.77. The van der Waals surface area contributed by atoms with E-state index in [9.17, 15) is 0 Å². The van der Waals surface area contributed by atoms with E-state index >= 15 is 0 Å². The summed E-state index contributed by atoms with van der Waals surface area (Å²) in [7, 11) is 0. The molecule has 2 heterocycles. The first-order chi connectivity index (χ1) is 8.81. The van der Waals surface area contributed by atoms with Gasteiger partial charge in [-0.05, 0) is 31.4 Å². The summed E-state index contributed by atoms with van der Waals surface area (Å²) in [5.41, 5.74) is 7.32. The first-order valence-corrected chi connectivity index (χ1v) is 7.76. The minimum atomic E-state index is 0.159. The Bertz CT molecular complexity index is 341. The highest BCUT2D eigenvalue weighted by molar-refractivity contribution is 7.99. The molecule has 3 atom stereocenters. The van der Waals surface area contributed by atoms with Crippen molar-refractivity contribution in [3.63, 3.8) is 0 Å². The number of pyridine rings is 1. The van der Waals surface area contributed by atoms with Crippen LogP contribution in [0.3, 0.4) is 0 Å². The minimum absolute atomic E-state index is 0.159. The van der Waals surface area contributed by atoms with E-state index in [0.29, 0.717) is 6.10 Å². The van der Waals surface area contributed by atoms with Gasteiger partial charge in [0.25, 0.3) is 0 Å². The van der Waals surface area contributed by atoms with E-state index in [1.54, 1.807) is 0 Å². The zero-order chi connectivity index (χ0) is 12.8. The van der Waals surface area contributed by atoms with Crippen molar-refractivity contribution < 1.29 is 4.74 Å². The van der Waals surface area contributed by atoms with Crippen LogP contribution >= 0.6 is 11.8 Å². The van der Waals surface area contributed by atoms with Crippen molar-refractivity contribution in [1.29, 1.82) is 0 Å². The Labute approximate surface area is 114 Å². The van der Waals surface area contributed by atoms with Crippen molar-refractivity contribution >= 4 is 11.8 Å². The number of thioether (sulfide) groups is 1. The van der Waals surface area contributed by atoms with Gasteiger partial charge in [0.1, 0.15) is 0 Å². The van der Waals surface area contributed by atoms with Gasteiger partial charge in [0, 0.05) is 24.6 Å². The van der Waals surface area contributed by atoms with Crippen molar-refractivity contribution in [2.75, 3.05) is 12.4 Å². The molecule has 1 aromatic rings. The molecule has 0 radical (unpaired) electrons. The summed E-state index contributed by atoms with van der Waals surface area (Å²) in [4.78, 5) is 4.45. The van der Waals surface area contributed by atoms with Gasteiger partial charge in [-0.25, -0.2) is 0 Å². The monoisotopic (exact) mass is 266 g/mol. The minimum Gasteiger partial charge on any atom is -0.377 e. The summed E-state index contributed by atoms with van der Waals surface area (Å²) < 4.78 is 5.67. The molecule has 2 N–H and O–H groups in total. The van der Waals surface area contributed by atoms with E-state index in [1.807, 2.05) is 30.1 Å². The molecule has 3 nitrogen and oxygen atoms in total. The second kappa shape index (κ2) is 7.12. The average molecular weight is 266 g/mol. The van der Waals surface area contributed by atoms with Crippen LogP contribution in [0.1, 0.15) is 37.1 Å². The normalized spacial score (nSPS) is 22.9. The topological polar surface area (TPSA) is 48.1 Å². The lowest BCUT2D eigenvalue weighted by Gasteiger charge is -2.23. The Morgan fingerprint density at radius 3 is 3.06 bits per heavy atom. The largest absolute Gasteiger partial charge is 0.377 e. The Hall–Kier alpha value is -0.580. The zero-order valence-corrected chi connectivity index (χ0v) is 11.7. The van der Waals surface area contributed by atoms with Gasteiger partial charge in [0.05, 0.1) is 17.0 Å². The maximum absolute atomic E-state index is 6.23. The highest BCUT2D eigenvalue weighted by Gasteiger charge is 2.23. The number of nitrogens with two attached hydrogens (primary N) is 1. The molecule has 1 aliphatic heterocycles. The summed E-state index contributed by atoms with van der Waals surface area (Å²) in [5, 5.41) is 0.278. The molecule has 0 amide bonds. The smallest absolute Gasteiger partial charge is 0.0666 e. The molecule has 100 valence electrons. The van der Waals surface area contributed by atoms with E-state index in [1.165, 1.54) is 12.8 Å². The van der Waals surface area contributed by atoms with Gasteiger partial charge in [0.2, 0.25) is 0 Å². The Kier molecular flexibility index (Phi) is 5.47. The molecule has 1 aliphatic rings. The summed E-state index contributed by atoms with van der Waals surface area (Å²) in [6.07, 6.45) is 5.60. The van der Waals surface area contributed by atoms with Crippen molar-refractivity contribution in [3.05, 3.63) is 30.1 Å². The Morgan fingerprint density at radius 1 is 1.56 bits per heavy atom. The molecule has 0 saturated carbocycles. The standard InChI is InChI=1S/C14H22N2OS/c1-2-12(15)14(13-7-3-4-8-16-13)18-10-11-6-5-9-17-11/h3-4,7-8,11-12,14H,2,5-6,9-10,15H2,1H3. The van der Waals surface area contributed by atoms with Crippen molar-refractivity contribution in [2.24, 2.45) is 5.73 Å². The van der Waals surface area contributed by atoms with Crippen LogP contribution in [0.15, 0.2) is 24.4 Å². The molecular formula is C14H22N2OS. The van der Waals surface area contributed by atoms with E-state index < -0.39 is 0 Å². The SMILES string of the molecule is CCC(N)C(SCC1CCCO1)c1ccccn1. The van der Waals surface area contributed by atoms with Crippen molar-refractivity contribution in [3.8, 4) is 0 Å². The number of hydrogen-bond acceptors (Lipinski definition) is 4. The molecule has 2 rings (SSSR count). The second-order valence-electron chi connectivity index (χ2n) is 4.72. The molecule has 1 aromatic heterocycles. The molecule has 0 aromatic carbocycles. The third-order valence-electron chi connectivity index (χ3n) is 3.33. The fourth-order valence-electron chi connectivity index (χ4n) is 2.17. The molecule has 4 heteroatoms. The lowest BCUT2D eigenvalue weighted by Crippen LogP contribution is -2.27. The van der Waals surface area contributed by atoms with E-state index in [0.717, 1.165) is 24.5 Å². The van der Waals surface area contributed by atoms with Gasteiger partial charge in [0.15, 0.2) is 0 Å². The van der Waals surface area contributed by atoms with Crippen molar-refractivity contribution in [2.45, 2.75) is 43.6 Å². The third kappa shape index (κ3) is 3.70. The average Bonchev–Trinajstić information content (AvgIpc) is 2.93. The molecule has 1 saturated heterocycles. The van der Waals surface area contributed by atoms with Crippen LogP contribution in [0.4, 0.5) is 0 Å². The molecule has 1 fully saturated rings. The maximum atomic E-state index is 6.23. The van der Waals surface area contributed by atoms with Crippen LogP contribution < -0.4 is 5.73 Å². The predicted molar refractivity (Wildman–Crippen MR) is 76.7 cm³/mol. The first-order valence-electron chi connectivity index (χ1n) is 6.71. The Balaban J connectivity index is 1.96. The lowest BCUT2D eigenvalue weighted by molar-refractivity contribution is 0.128. The lowest BCUT2D eigenvalue weighted by atomic mass is 10.1. The second-order valence-corrected chi connectivity index (χ2v) is 5.89. The van der Waals surface area contributed by atoms with E-state index in [2.05, 4.69) is 18.0 Å². The van der Waals surface area contributed by atoms with Crippen LogP contribution in [0.5, 0.6) is 0 Å². The van der Waals surface area contributed by atoms with Crippen LogP contribution in [0, 0.1) is 0 Å². The first kappa shape index (κ1) is 13.8. The van der Waals surface area contributed by atoms with E-state index in [4.69, 9.17) is 10.5 Å². The number of nitrogens with zero attached hydrogens (tertiary/aromatic N) is 1. The highest BCUT2D eigenvalue weighted by Crippen LogP contribution is 2.33. The van der Waals surface area contributed by atoms with E-state index in [-0.39, 0.29) is 11.3 Å². The Morgan fingerprint density at radius 2 is 2.44 bits per heavy atom. The van der Waals surface area contributed by atoms with Crippen LogP contribution in [-0.2, 0) is 4.74 Å².